The number of rotatable bonds is 3. The highest BCUT2D eigenvalue weighted by Gasteiger charge is 2.09. The van der Waals surface area contributed by atoms with Gasteiger partial charge in [0.2, 0.25) is 0 Å². The second kappa shape index (κ2) is 4.74. The molecule has 0 bridgehead atoms. The Morgan fingerprint density at radius 2 is 2.31 bits per heavy atom. The smallest absolute Gasteiger partial charge is 0.189 e. The number of benzene rings is 1. The van der Waals surface area contributed by atoms with Crippen LogP contribution in [0.1, 0.15) is 10.4 Å². The molecule has 0 aliphatic heterocycles. The third-order valence-corrected chi connectivity index (χ3v) is 2.40. The highest BCUT2D eigenvalue weighted by atomic mass is 79.9. The number of hydrogen-bond donors (Lipinski definition) is 0. The Labute approximate surface area is 90.0 Å². The average Bonchev–Trinajstić information content (AvgIpc) is 2.04. The van der Waals surface area contributed by atoms with Crippen LogP contribution in [-0.4, -0.2) is 19.5 Å². The van der Waals surface area contributed by atoms with Crippen LogP contribution in [0.3, 0.4) is 0 Å². The number of ketones is 1. The van der Waals surface area contributed by atoms with E-state index in [4.69, 9.17) is 16.3 Å². The van der Waals surface area contributed by atoms with Gasteiger partial charge in [0, 0.05) is 22.2 Å². The Kier molecular flexibility index (Phi) is 3.90. The summed E-state index contributed by atoms with van der Waals surface area (Å²) in [7, 11) is 1.49. The molecule has 0 spiro atoms. The van der Waals surface area contributed by atoms with Crippen LogP contribution in [0.15, 0.2) is 22.7 Å². The second-order valence-corrected chi connectivity index (χ2v) is 3.77. The van der Waals surface area contributed by atoms with Gasteiger partial charge in [-0.1, -0.05) is 11.6 Å². The predicted octanol–water partition coefficient (Wildman–Crippen LogP) is 2.93. The van der Waals surface area contributed by atoms with E-state index in [9.17, 15) is 4.79 Å². The third-order valence-electron chi connectivity index (χ3n) is 1.51. The molecule has 4 heteroatoms. The first-order valence-electron chi connectivity index (χ1n) is 3.62. The van der Waals surface area contributed by atoms with Crippen LogP contribution in [0.5, 0.6) is 0 Å². The molecule has 0 saturated carbocycles. The van der Waals surface area contributed by atoms with Gasteiger partial charge in [0.15, 0.2) is 5.78 Å². The maximum absolute atomic E-state index is 11.4. The second-order valence-electron chi connectivity index (χ2n) is 2.48. The maximum Gasteiger partial charge on any atom is 0.189 e. The maximum atomic E-state index is 11.4. The van der Waals surface area contributed by atoms with E-state index < -0.39 is 0 Å². The number of carbonyl (C=O) groups excluding carboxylic acids is 1. The molecule has 13 heavy (non-hydrogen) atoms. The fourth-order valence-corrected chi connectivity index (χ4v) is 1.83. The molecule has 2 nitrogen and oxygen atoms in total. The van der Waals surface area contributed by atoms with E-state index >= 15 is 0 Å². The van der Waals surface area contributed by atoms with Gasteiger partial charge in [-0.15, -0.1) is 0 Å². The fourth-order valence-electron chi connectivity index (χ4n) is 0.924. The van der Waals surface area contributed by atoms with E-state index in [0.29, 0.717) is 15.1 Å². The van der Waals surface area contributed by atoms with Crippen molar-refractivity contribution in [3.63, 3.8) is 0 Å². The molecule has 0 amide bonds. The Bertz CT molecular complexity index is 325. The van der Waals surface area contributed by atoms with Gasteiger partial charge in [0.1, 0.15) is 6.61 Å². The van der Waals surface area contributed by atoms with Crippen LogP contribution in [0.25, 0.3) is 0 Å². The van der Waals surface area contributed by atoms with Crippen molar-refractivity contribution in [1.82, 2.24) is 0 Å². The first-order valence-corrected chi connectivity index (χ1v) is 4.79. The summed E-state index contributed by atoms with van der Waals surface area (Å²) >= 11 is 8.98. The van der Waals surface area contributed by atoms with Gasteiger partial charge >= 0.3 is 0 Å². The highest BCUT2D eigenvalue weighted by Crippen LogP contribution is 2.21. The van der Waals surface area contributed by atoms with Crippen LogP contribution in [0.4, 0.5) is 0 Å². The standard InChI is InChI=1S/C9H8BrClO2/c1-13-5-9(12)7-3-2-6(11)4-8(7)10/h2-4H,5H2,1H3. The Hall–Kier alpha value is -0.380. The molecular formula is C9H8BrClO2. The van der Waals surface area contributed by atoms with E-state index in [0.717, 1.165) is 0 Å². The number of halogens is 2. The lowest BCUT2D eigenvalue weighted by Gasteiger charge is -2.02. The van der Waals surface area contributed by atoms with Crippen molar-refractivity contribution < 1.29 is 9.53 Å². The molecule has 0 atom stereocenters. The van der Waals surface area contributed by atoms with Gasteiger partial charge in [-0.25, -0.2) is 0 Å². The molecule has 0 aliphatic carbocycles. The Morgan fingerprint density at radius 3 is 2.85 bits per heavy atom. The Balaban J connectivity index is 2.95. The van der Waals surface area contributed by atoms with Crippen LogP contribution >= 0.6 is 27.5 Å². The van der Waals surface area contributed by atoms with Crippen LogP contribution in [0.2, 0.25) is 5.02 Å². The van der Waals surface area contributed by atoms with Crippen LogP contribution in [0, 0.1) is 0 Å². The van der Waals surface area contributed by atoms with Crippen molar-refractivity contribution in [3.05, 3.63) is 33.3 Å². The van der Waals surface area contributed by atoms with Crippen LogP contribution < -0.4 is 0 Å². The Morgan fingerprint density at radius 1 is 1.62 bits per heavy atom. The van der Waals surface area contributed by atoms with E-state index in [-0.39, 0.29) is 12.4 Å². The lowest BCUT2D eigenvalue weighted by atomic mass is 10.1. The molecule has 0 aliphatic rings. The minimum absolute atomic E-state index is 0.0639. The van der Waals surface area contributed by atoms with Crippen molar-refractivity contribution in [2.45, 2.75) is 0 Å². The minimum atomic E-state index is -0.0639. The summed E-state index contributed by atoms with van der Waals surface area (Å²) < 4.78 is 5.44. The van der Waals surface area contributed by atoms with Gasteiger partial charge in [0.25, 0.3) is 0 Å². The van der Waals surface area contributed by atoms with Gasteiger partial charge in [-0.05, 0) is 34.1 Å². The molecule has 1 rings (SSSR count). The third kappa shape index (κ3) is 2.79. The number of hydrogen-bond acceptors (Lipinski definition) is 2. The lowest BCUT2D eigenvalue weighted by molar-refractivity contribution is 0.0847. The van der Waals surface area contributed by atoms with Gasteiger partial charge < -0.3 is 4.74 Å². The van der Waals surface area contributed by atoms with Crippen LogP contribution in [-0.2, 0) is 4.74 Å². The van der Waals surface area contributed by atoms with Crippen molar-refractivity contribution in [3.8, 4) is 0 Å². The van der Waals surface area contributed by atoms with Gasteiger partial charge in [0.05, 0.1) is 0 Å². The molecule has 1 aromatic carbocycles. The zero-order chi connectivity index (χ0) is 9.84. The average molecular weight is 264 g/mol. The zero-order valence-corrected chi connectivity index (χ0v) is 9.35. The molecular weight excluding hydrogens is 255 g/mol. The summed E-state index contributed by atoms with van der Waals surface area (Å²) in [4.78, 5) is 11.4. The lowest BCUT2D eigenvalue weighted by Crippen LogP contribution is -2.07. The minimum Gasteiger partial charge on any atom is -0.377 e. The molecule has 0 fully saturated rings. The summed E-state index contributed by atoms with van der Waals surface area (Å²) in [6.07, 6.45) is 0. The molecule has 0 radical (unpaired) electrons. The molecule has 0 heterocycles. The largest absolute Gasteiger partial charge is 0.377 e. The first kappa shape index (κ1) is 10.7. The predicted molar refractivity (Wildman–Crippen MR) is 55.4 cm³/mol. The summed E-state index contributed by atoms with van der Waals surface area (Å²) in [5.41, 5.74) is 0.589. The molecule has 0 N–H and O–H groups in total. The van der Waals surface area contributed by atoms with Crippen molar-refractivity contribution in [2.24, 2.45) is 0 Å². The molecule has 0 aromatic heterocycles. The summed E-state index contributed by atoms with van der Waals surface area (Å²) in [6.45, 7) is 0.0836. The molecule has 70 valence electrons. The zero-order valence-electron chi connectivity index (χ0n) is 7.01. The summed E-state index contributed by atoms with van der Waals surface area (Å²) in [5, 5.41) is 0.598. The van der Waals surface area contributed by atoms with Gasteiger partial charge in [-0.2, -0.15) is 0 Å². The molecule has 0 unspecified atom stereocenters. The first-order chi connectivity index (χ1) is 6.15. The van der Waals surface area contributed by atoms with E-state index in [1.165, 1.54) is 7.11 Å². The molecule has 0 saturated heterocycles. The topological polar surface area (TPSA) is 26.3 Å². The normalized spacial score (nSPS) is 10.1. The highest BCUT2D eigenvalue weighted by molar-refractivity contribution is 9.10. The number of carbonyl (C=O) groups is 1. The fraction of sp³-hybridized carbons (Fsp3) is 0.222. The monoisotopic (exact) mass is 262 g/mol. The molecule has 1 aromatic rings. The van der Waals surface area contributed by atoms with E-state index in [1.54, 1.807) is 18.2 Å². The van der Waals surface area contributed by atoms with E-state index in [2.05, 4.69) is 15.9 Å². The van der Waals surface area contributed by atoms with Crippen molar-refractivity contribution in [1.29, 1.82) is 0 Å². The summed E-state index contributed by atoms with van der Waals surface area (Å²) in [5.74, 6) is -0.0639. The van der Waals surface area contributed by atoms with E-state index in [1.807, 2.05) is 0 Å². The van der Waals surface area contributed by atoms with Crippen molar-refractivity contribution in [2.75, 3.05) is 13.7 Å². The van der Waals surface area contributed by atoms with Gasteiger partial charge in [-0.3, -0.25) is 4.79 Å². The number of Topliss-reactive ketones (excluding diaryl/α,β-unsaturated/α-hetero) is 1. The van der Waals surface area contributed by atoms with Crippen molar-refractivity contribution >= 4 is 33.3 Å². The SMILES string of the molecule is COCC(=O)c1ccc(Cl)cc1Br. The number of methoxy groups -OCH3 is 1. The number of ether oxygens (including phenoxy) is 1. The quantitative estimate of drug-likeness (QED) is 0.784. The summed E-state index contributed by atoms with van der Waals surface area (Å²) in [6, 6.07) is 5.04.